The van der Waals surface area contributed by atoms with Gasteiger partial charge in [-0.05, 0) is 35.2 Å². The Labute approximate surface area is 137 Å². The second kappa shape index (κ2) is 6.76. The van der Waals surface area contributed by atoms with Gasteiger partial charge in [-0.15, -0.1) is 6.42 Å². The van der Waals surface area contributed by atoms with E-state index in [1.807, 2.05) is 6.07 Å². The van der Waals surface area contributed by atoms with Gasteiger partial charge in [-0.2, -0.15) is 0 Å². The van der Waals surface area contributed by atoms with Crippen molar-refractivity contribution in [3.05, 3.63) is 59.2 Å². The summed E-state index contributed by atoms with van der Waals surface area (Å²) in [5.41, 5.74) is 3.79. The molecule has 1 atom stereocenters. The molecule has 3 nitrogen and oxygen atoms in total. The van der Waals surface area contributed by atoms with E-state index < -0.39 is 0 Å². The molecular weight excluding hydrogens is 286 g/mol. The fourth-order valence-electron chi connectivity index (χ4n) is 3.31. The first-order valence-electron chi connectivity index (χ1n) is 7.75. The van der Waals surface area contributed by atoms with Crippen LogP contribution in [0.25, 0.3) is 0 Å². The highest BCUT2D eigenvalue weighted by atomic mass is 16.5. The van der Waals surface area contributed by atoms with Crippen LogP contribution in [0, 0.1) is 12.3 Å². The van der Waals surface area contributed by atoms with E-state index in [0.717, 1.165) is 24.5 Å². The number of benzene rings is 2. The van der Waals surface area contributed by atoms with Gasteiger partial charge in [0.15, 0.2) is 11.5 Å². The van der Waals surface area contributed by atoms with Crippen molar-refractivity contribution in [1.82, 2.24) is 4.90 Å². The Bertz CT molecular complexity index is 718. The molecule has 0 saturated carbocycles. The summed E-state index contributed by atoms with van der Waals surface area (Å²) in [4.78, 5) is 2.34. The van der Waals surface area contributed by atoms with Crippen LogP contribution in [0.2, 0.25) is 0 Å². The van der Waals surface area contributed by atoms with E-state index in [4.69, 9.17) is 15.9 Å². The first-order chi connectivity index (χ1) is 11.3. The van der Waals surface area contributed by atoms with Gasteiger partial charge in [0.1, 0.15) is 0 Å². The van der Waals surface area contributed by atoms with E-state index in [1.54, 1.807) is 14.2 Å². The van der Waals surface area contributed by atoms with Crippen LogP contribution in [-0.2, 0) is 6.42 Å². The van der Waals surface area contributed by atoms with Gasteiger partial charge < -0.3 is 9.47 Å². The third-order valence-corrected chi connectivity index (χ3v) is 4.38. The van der Waals surface area contributed by atoms with Gasteiger partial charge in [0.25, 0.3) is 0 Å². The summed E-state index contributed by atoms with van der Waals surface area (Å²) in [6, 6.07) is 14.8. The van der Waals surface area contributed by atoms with Crippen molar-refractivity contribution < 1.29 is 9.47 Å². The van der Waals surface area contributed by atoms with Crippen LogP contribution < -0.4 is 9.47 Å². The number of hydrogen-bond acceptors (Lipinski definition) is 3. The SMILES string of the molecule is C#CCN1CCc2cc(OC)c(OC)cc2[C@@H]1c1ccccc1. The Balaban J connectivity index is 2.13. The smallest absolute Gasteiger partial charge is 0.161 e. The molecule has 0 aliphatic carbocycles. The summed E-state index contributed by atoms with van der Waals surface area (Å²) in [6.07, 6.45) is 6.54. The molecule has 1 aliphatic rings. The lowest BCUT2D eigenvalue weighted by Crippen LogP contribution is -2.36. The first kappa shape index (κ1) is 15.5. The zero-order chi connectivity index (χ0) is 16.2. The average molecular weight is 307 g/mol. The third-order valence-electron chi connectivity index (χ3n) is 4.38. The molecule has 0 bridgehead atoms. The van der Waals surface area contributed by atoms with Crippen LogP contribution in [0.5, 0.6) is 11.5 Å². The lowest BCUT2D eigenvalue weighted by Gasteiger charge is -2.37. The second-order valence-corrected chi connectivity index (χ2v) is 5.64. The Hall–Kier alpha value is -2.44. The number of rotatable bonds is 4. The van der Waals surface area contributed by atoms with Gasteiger partial charge in [-0.25, -0.2) is 0 Å². The molecule has 0 unspecified atom stereocenters. The van der Waals surface area contributed by atoms with Crippen molar-refractivity contribution >= 4 is 0 Å². The van der Waals surface area contributed by atoms with Gasteiger partial charge >= 0.3 is 0 Å². The zero-order valence-corrected chi connectivity index (χ0v) is 13.6. The summed E-state index contributed by atoms with van der Waals surface area (Å²) >= 11 is 0. The minimum atomic E-state index is 0.149. The van der Waals surface area contributed by atoms with Gasteiger partial charge in [0, 0.05) is 6.54 Å². The number of terminal acetylenes is 1. The lowest BCUT2D eigenvalue weighted by atomic mass is 9.87. The number of ether oxygens (including phenoxy) is 2. The normalized spacial score (nSPS) is 17.2. The highest BCUT2D eigenvalue weighted by Gasteiger charge is 2.29. The predicted molar refractivity (Wildman–Crippen MR) is 91.9 cm³/mol. The van der Waals surface area contributed by atoms with Gasteiger partial charge in [-0.1, -0.05) is 36.3 Å². The zero-order valence-electron chi connectivity index (χ0n) is 13.6. The van der Waals surface area contributed by atoms with Crippen LogP contribution in [0.4, 0.5) is 0 Å². The van der Waals surface area contributed by atoms with E-state index in [-0.39, 0.29) is 6.04 Å². The largest absolute Gasteiger partial charge is 0.493 e. The molecule has 0 saturated heterocycles. The summed E-state index contributed by atoms with van der Waals surface area (Å²) in [7, 11) is 3.34. The number of fused-ring (bicyclic) bond motifs is 1. The van der Waals surface area contributed by atoms with E-state index >= 15 is 0 Å². The molecule has 3 heteroatoms. The van der Waals surface area contributed by atoms with Crippen molar-refractivity contribution in [2.75, 3.05) is 27.3 Å². The highest BCUT2D eigenvalue weighted by Crippen LogP contribution is 2.40. The molecule has 118 valence electrons. The topological polar surface area (TPSA) is 21.7 Å². The number of methoxy groups -OCH3 is 2. The Morgan fingerprint density at radius 1 is 1.13 bits per heavy atom. The summed E-state index contributed by atoms with van der Waals surface area (Å²) in [5, 5.41) is 0. The van der Waals surface area contributed by atoms with Crippen LogP contribution >= 0.6 is 0 Å². The minimum absolute atomic E-state index is 0.149. The maximum absolute atomic E-state index is 5.58. The summed E-state index contributed by atoms with van der Waals surface area (Å²) < 4.78 is 10.9. The maximum Gasteiger partial charge on any atom is 0.161 e. The molecule has 1 heterocycles. The fraction of sp³-hybridized carbons (Fsp3) is 0.300. The predicted octanol–water partition coefficient (Wildman–Crippen LogP) is 3.28. The molecule has 2 aromatic carbocycles. The summed E-state index contributed by atoms with van der Waals surface area (Å²) in [6.45, 7) is 1.57. The Kier molecular flexibility index (Phi) is 4.55. The van der Waals surface area contributed by atoms with Crippen molar-refractivity contribution in [2.45, 2.75) is 12.5 Å². The van der Waals surface area contributed by atoms with Crippen LogP contribution in [0.15, 0.2) is 42.5 Å². The van der Waals surface area contributed by atoms with Crippen LogP contribution in [-0.4, -0.2) is 32.2 Å². The molecular formula is C20H21NO2. The minimum Gasteiger partial charge on any atom is -0.493 e. The van der Waals surface area contributed by atoms with Crippen molar-refractivity contribution in [2.24, 2.45) is 0 Å². The second-order valence-electron chi connectivity index (χ2n) is 5.64. The van der Waals surface area contributed by atoms with Gasteiger partial charge in [0.2, 0.25) is 0 Å². The fourth-order valence-corrected chi connectivity index (χ4v) is 3.31. The maximum atomic E-state index is 5.58. The average Bonchev–Trinajstić information content (AvgIpc) is 2.61. The molecule has 3 rings (SSSR count). The van der Waals surface area contributed by atoms with Crippen molar-refractivity contribution in [3.8, 4) is 23.8 Å². The monoisotopic (exact) mass is 307 g/mol. The molecule has 2 aromatic rings. The van der Waals surface area contributed by atoms with Crippen LogP contribution in [0.3, 0.4) is 0 Å². The summed E-state index contributed by atoms with van der Waals surface area (Å²) in [5.74, 6) is 4.33. The molecule has 1 aliphatic heterocycles. The number of nitrogens with zero attached hydrogens (tertiary/aromatic N) is 1. The first-order valence-corrected chi connectivity index (χ1v) is 7.75. The van der Waals surface area contributed by atoms with Crippen molar-refractivity contribution in [1.29, 1.82) is 0 Å². The standard InChI is InChI=1S/C20H21NO2/c1-4-11-21-12-10-16-13-18(22-2)19(23-3)14-17(16)20(21)15-8-6-5-7-9-15/h1,5-9,13-14,20H,10-12H2,2-3H3/t20-/m0/s1. The molecule has 0 amide bonds. The van der Waals surface area contributed by atoms with Gasteiger partial charge in [0.05, 0.1) is 26.8 Å². The van der Waals surface area contributed by atoms with E-state index in [2.05, 4.69) is 47.2 Å². The van der Waals surface area contributed by atoms with Crippen LogP contribution in [0.1, 0.15) is 22.7 Å². The lowest BCUT2D eigenvalue weighted by molar-refractivity contribution is 0.239. The Morgan fingerprint density at radius 3 is 2.48 bits per heavy atom. The highest BCUT2D eigenvalue weighted by molar-refractivity contribution is 5.51. The molecule has 0 N–H and O–H groups in total. The van der Waals surface area contributed by atoms with E-state index in [1.165, 1.54) is 16.7 Å². The molecule has 0 aromatic heterocycles. The molecule has 0 radical (unpaired) electrons. The third kappa shape index (κ3) is 2.91. The van der Waals surface area contributed by atoms with Crippen molar-refractivity contribution in [3.63, 3.8) is 0 Å². The van der Waals surface area contributed by atoms with Gasteiger partial charge in [-0.3, -0.25) is 4.90 Å². The molecule has 0 spiro atoms. The van der Waals surface area contributed by atoms with E-state index in [9.17, 15) is 0 Å². The molecule has 0 fully saturated rings. The van der Waals surface area contributed by atoms with E-state index in [0.29, 0.717) is 6.54 Å². The number of hydrogen-bond donors (Lipinski definition) is 0. The molecule has 23 heavy (non-hydrogen) atoms. The quantitative estimate of drug-likeness (QED) is 0.809. The Morgan fingerprint density at radius 2 is 1.83 bits per heavy atom.